The van der Waals surface area contributed by atoms with Crippen molar-refractivity contribution < 1.29 is 19.1 Å². The average Bonchev–Trinajstić information content (AvgIpc) is 2.85. The zero-order valence-electron chi connectivity index (χ0n) is 11.3. The number of rotatable bonds is 3. The fourth-order valence-electron chi connectivity index (χ4n) is 2.55. The third-order valence-electron chi connectivity index (χ3n) is 3.54. The first-order valence-corrected chi connectivity index (χ1v) is 6.08. The number of hydrogen-bond donors (Lipinski definition) is 0. The lowest BCUT2D eigenvalue weighted by Crippen LogP contribution is -2.42. The van der Waals surface area contributed by atoms with E-state index in [1.165, 1.54) is 14.2 Å². The molecule has 1 heterocycles. The van der Waals surface area contributed by atoms with Gasteiger partial charge in [0, 0.05) is 12.6 Å². The summed E-state index contributed by atoms with van der Waals surface area (Å²) in [5, 5.41) is 8.69. The normalized spacial score (nSPS) is 15.1. The van der Waals surface area contributed by atoms with Crippen LogP contribution in [0.2, 0.25) is 0 Å². The second-order valence-electron chi connectivity index (χ2n) is 4.70. The average molecular weight is 274 g/mol. The van der Waals surface area contributed by atoms with Gasteiger partial charge in [-0.05, 0) is 23.6 Å². The lowest BCUT2D eigenvalue weighted by atomic mass is 9.85. The molecule has 20 heavy (non-hydrogen) atoms. The van der Waals surface area contributed by atoms with Crippen molar-refractivity contribution in [3.05, 3.63) is 29.1 Å². The predicted molar refractivity (Wildman–Crippen MR) is 67.4 cm³/mol. The highest BCUT2D eigenvalue weighted by atomic mass is 16.5. The van der Waals surface area contributed by atoms with Gasteiger partial charge in [-0.3, -0.25) is 14.6 Å². The van der Waals surface area contributed by atoms with Gasteiger partial charge in [-0.2, -0.15) is 5.26 Å². The third-order valence-corrected chi connectivity index (χ3v) is 3.54. The number of fused-ring (bicyclic) bond motifs is 1. The summed E-state index contributed by atoms with van der Waals surface area (Å²) in [4.78, 5) is 28.2. The van der Waals surface area contributed by atoms with Crippen molar-refractivity contribution in [1.82, 2.24) is 4.98 Å². The van der Waals surface area contributed by atoms with Crippen molar-refractivity contribution in [3.8, 4) is 6.07 Å². The molecule has 0 N–H and O–H groups in total. The Kier molecular flexibility index (Phi) is 3.70. The Morgan fingerprint density at radius 2 is 1.90 bits per heavy atom. The van der Waals surface area contributed by atoms with E-state index in [-0.39, 0.29) is 19.3 Å². The van der Waals surface area contributed by atoms with Gasteiger partial charge in [-0.25, -0.2) is 0 Å². The highest BCUT2D eigenvalue weighted by molar-refractivity contribution is 6.01. The van der Waals surface area contributed by atoms with E-state index in [2.05, 4.69) is 4.98 Å². The monoisotopic (exact) mass is 274 g/mol. The number of methoxy groups -OCH3 is 2. The standard InChI is InChI=1S/C14H14N2O4/c1-19-12(17)14(13(18)20-2)6-9-5-11(3-4-15)16-8-10(9)7-14/h5,8H,3,6-7H2,1-2H3. The quantitative estimate of drug-likeness (QED) is 0.591. The summed E-state index contributed by atoms with van der Waals surface area (Å²) in [6.07, 6.45) is 2.22. The Bertz CT molecular complexity index is 588. The molecule has 0 saturated heterocycles. The van der Waals surface area contributed by atoms with Crippen LogP contribution in [-0.2, 0) is 38.3 Å². The molecule has 0 unspecified atom stereocenters. The minimum Gasteiger partial charge on any atom is -0.468 e. The first-order valence-electron chi connectivity index (χ1n) is 6.08. The summed E-state index contributed by atoms with van der Waals surface area (Å²) < 4.78 is 9.51. The highest BCUT2D eigenvalue weighted by Gasteiger charge is 2.52. The first kappa shape index (κ1) is 14.0. The molecule has 0 aromatic carbocycles. The number of pyridine rings is 1. The van der Waals surface area contributed by atoms with Gasteiger partial charge in [0.05, 0.1) is 32.4 Å². The second kappa shape index (κ2) is 5.29. The number of esters is 2. The van der Waals surface area contributed by atoms with Crippen LogP contribution >= 0.6 is 0 Å². The summed E-state index contributed by atoms with van der Waals surface area (Å²) >= 11 is 0. The van der Waals surface area contributed by atoms with Gasteiger partial charge in [0.25, 0.3) is 0 Å². The minimum atomic E-state index is -1.33. The van der Waals surface area contributed by atoms with E-state index < -0.39 is 17.4 Å². The fourth-order valence-corrected chi connectivity index (χ4v) is 2.55. The number of aromatic nitrogens is 1. The van der Waals surface area contributed by atoms with E-state index in [9.17, 15) is 9.59 Å². The van der Waals surface area contributed by atoms with Crippen molar-refractivity contribution in [1.29, 1.82) is 5.26 Å². The molecule has 0 spiro atoms. The molecular formula is C14H14N2O4. The van der Waals surface area contributed by atoms with E-state index in [1.54, 1.807) is 12.3 Å². The minimum absolute atomic E-state index is 0.191. The van der Waals surface area contributed by atoms with E-state index in [0.717, 1.165) is 11.1 Å². The molecule has 1 aliphatic rings. The van der Waals surface area contributed by atoms with Crippen molar-refractivity contribution >= 4 is 11.9 Å². The number of ether oxygens (including phenoxy) is 2. The highest BCUT2D eigenvalue weighted by Crippen LogP contribution is 2.39. The molecule has 0 radical (unpaired) electrons. The Morgan fingerprint density at radius 3 is 2.45 bits per heavy atom. The Hall–Kier alpha value is -2.42. The molecule has 0 fully saturated rings. The van der Waals surface area contributed by atoms with Crippen LogP contribution in [0.25, 0.3) is 0 Å². The maximum atomic E-state index is 12.0. The van der Waals surface area contributed by atoms with Crippen LogP contribution in [0.5, 0.6) is 0 Å². The Morgan fingerprint density at radius 1 is 1.30 bits per heavy atom. The van der Waals surface area contributed by atoms with Crippen molar-refractivity contribution in [2.24, 2.45) is 5.41 Å². The van der Waals surface area contributed by atoms with Crippen molar-refractivity contribution in [3.63, 3.8) is 0 Å². The molecule has 1 aliphatic carbocycles. The smallest absolute Gasteiger partial charge is 0.323 e. The molecular weight excluding hydrogens is 260 g/mol. The van der Waals surface area contributed by atoms with E-state index >= 15 is 0 Å². The molecule has 2 rings (SSSR count). The van der Waals surface area contributed by atoms with Gasteiger partial charge >= 0.3 is 11.9 Å². The zero-order valence-corrected chi connectivity index (χ0v) is 11.3. The lowest BCUT2D eigenvalue weighted by molar-refractivity contribution is -0.168. The molecule has 1 aromatic rings. The molecule has 0 atom stereocenters. The van der Waals surface area contributed by atoms with Gasteiger partial charge in [-0.1, -0.05) is 0 Å². The SMILES string of the molecule is COC(=O)C1(C(=O)OC)Cc2cnc(CC#N)cc2C1. The number of carbonyl (C=O) groups excluding carboxylic acids is 2. The summed E-state index contributed by atoms with van der Waals surface area (Å²) in [6.45, 7) is 0. The predicted octanol–water partition coefficient (Wildman–Crippen LogP) is 0.579. The Labute approximate surface area is 116 Å². The van der Waals surface area contributed by atoms with Crippen molar-refractivity contribution in [2.45, 2.75) is 19.3 Å². The van der Waals surface area contributed by atoms with Gasteiger partial charge < -0.3 is 9.47 Å². The second-order valence-corrected chi connectivity index (χ2v) is 4.70. The molecule has 0 bridgehead atoms. The van der Waals surface area contributed by atoms with Crippen LogP contribution in [0.3, 0.4) is 0 Å². The molecule has 6 nitrogen and oxygen atoms in total. The van der Waals surface area contributed by atoms with Gasteiger partial charge in [0.2, 0.25) is 0 Å². The topological polar surface area (TPSA) is 89.3 Å². The number of carbonyl (C=O) groups is 2. The van der Waals surface area contributed by atoms with Gasteiger partial charge in [-0.15, -0.1) is 0 Å². The Balaban J connectivity index is 2.40. The third kappa shape index (κ3) is 2.11. The van der Waals surface area contributed by atoms with Crippen LogP contribution in [0.4, 0.5) is 0 Å². The van der Waals surface area contributed by atoms with Crippen LogP contribution in [0.1, 0.15) is 16.8 Å². The van der Waals surface area contributed by atoms with Crippen LogP contribution in [0.15, 0.2) is 12.3 Å². The van der Waals surface area contributed by atoms with E-state index in [1.807, 2.05) is 6.07 Å². The largest absolute Gasteiger partial charge is 0.468 e. The molecule has 104 valence electrons. The summed E-state index contributed by atoms with van der Waals surface area (Å²) in [6, 6.07) is 3.77. The maximum absolute atomic E-state index is 12.0. The van der Waals surface area contributed by atoms with Crippen LogP contribution < -0.4 is 0 Å². The van der Waals surface area contributed by atoms with Crippen LogP contribution in [-0.4, -0.2) is 31.1 Å². The van der Waals surface area contributed by atoms with Crippen molar-refractivity contribution in [2.75, 3.05) is 14.2 Å². The van der Waals surface area contributed by atoms with Gasteiger partial charge in [0.15, 0.2) is 5.41 Å². The van der Waals surface area contributed by atoms with Gasteiger partial charge in [0.1, 0.15) is 0 Å². The maximum Gasteiger partial charge on any atom is 0.323 e. The first-order chi connectivity index (χ1) is 9.57. The summed E-state index contributed by atoms with van der Waals surface area (Å²) in [5.41, 5.74) is 0.930. The number of nitriles is 1. The van der Waals surface area contributed by atoms with E-state index in [0.29, 0.717) is 5.69 Å². The molecule has 6 heteroatoms. The number of hydrogen-bond acceptors (Lipinski definition) is 6. The lowest BCUT2D eigenvalue weighted by Gasteiger charge is -2.22. The fraction of sp³-hybridized carbons (Fsp3) is 0.429. The molecule has 1 aromatic heterocycles. The summed E-state index contributed by atoms with van der Waals surface area (Å²) in [7, 11) is 2.49. The molecule has 0 aliphatic heterocycles. The molecule has 0 saturated carbocycles. The zero-order chi connectivity index (χ0) is 14.8. The molecule has 0 amide bonds. The number of nitrogens with zero attached hydrogens (tertiary/aromatic N) is 2. The summed E-state index contributed by atoms with van der Waals surface area (Å²) in [5.74, 6) is -1.22. The van der Waals surface area contributed by atoms with Crippen LogP contribution in [0, 0.1) is 16.7 Å². The van der Waals surface area contributed by atoms with E-state index in [4.69, 9.17) is 14.7 Å².